The lowest BCUT2D eigenvalue weighted by molar-refractivity contribution is -0.0563. The van der Waals surface area contributed by atoms with Crippen LogP contribution in [-0.4, -0.2) is 19.1 Å². The molecule has 4 saturated carbocycles. The largest absolute Gasteiger partial charge is 0.338 e. The number of carbonyl (C=O) groups is 1. The van der Waals surface area contributed by atoms with E-state index >= 15 is 0 Å². The molecule has 4 bridgehead atoms. The summed E-state index contributed by atoms with van der Waals surface area (Å²) in [5.74, 6) is 3.04. The molecule has 2 amide bonds. The molecule has 0 aromatic rings. The predicted molar refractivity (Wildman–Crippen MR) is 72.3 cm³/mol. The molecule has 0 atom stereocenters. The third-order valence-corrected chi connectivity index (χ3v) is 5.44. The van der Waals surface area contributed by atoms with Gasteiger partial charge in [0.25, 0.3) is 0 Å². The summed E-state index contributed by atoms with van der Waals surface area (Å²) in [6.45, 7) is 3.53. The second-order valence-corrected chi connectivity index (χ2v) is 6.95. The van der Waals surface area contributed by atoms with Crippen LogP contribution in [0.1, 0.15) is 51.9 Å². The topological polar surface area (TPSA) is 41.1 Å². The molecule has 4 aliphatic carbocycles. The smallest absolute Gasteiger partial charge is 0.314 e. The van der Waals surface area contributed by atoms with Gasteiger partial charge in [-0.2, -0.15) is 0 Å². The molecular weight excluding hydrogens is 224 g/mol. The molecule has 0 unspecified atom stereocenters. The number of urea groups is 1. The van der Waals surface area contributed by atoms with Gasteiger partial charge in [-0.25, -0.2) is 4.79 Å². The van der Waals surface area contributed by atoms with Crippen molar-refractivity contribution in [2.45, 2.75) is 51.9 Å². The number of carbonyl (C=O) groups excluding carboxylic acids is 1. The standard InChI is InChI=1S/C15H26N2O/c1-2-16-14(18)17-4-3-15-8-11-5-12(9-15)7-13(6-11)10-15/h11-13H,2-10H2,1H3,(H2,16,17,18). The van der Waals surface area contributed by atoms with E-state index in [0.29, 0.717) is 12.0 Å². The van der Waals surface area contributed by atoms with Gasteiger partial charge in [0, 0.05) is 13.1 Å². The van der Waals surface area contributed by atoms with Gasteiger partial charge in [0.2, 0.25) is 0 Å². The third kappa shape index (κ3) is 2.36. The summed E-state index contributed by atoms with van der Waals surface area (Å²) in [7, 11) is 0. The number of amides is 2. The molecule has 0 aliphatic heterocycles. The molecular formula is C15H26N2O. The van der Waals surface area contributed by atoms with Gasteiger partial charge in [-0.3, -0.25) is 0 Å². The van der Waals surface area contributed by atoms with Crippen LogP contribution in [0.3, 0.4) is 0 Å². The minimum atomic E-state index is 0.00206. The fourth-order valence-corrected chi connectivity index (χ4v) is 5.26. The number of hydrogen-bond acceptors (Lipinski definition) is 1. The first-order valence-corrected chi connectivity index (χ1v) is 7.71. The minimum absolute atomic E-state index is 0.00206. The number of hydrogen-bond donors (Lipinski definition) is 2. The van der Waals surface area contributed by atoms with Crippen molar-refractivity contribution in [3.8, 4) is 0 Å². The average Bonchev–Trinajstić information content (AvgIpc) is 2.26. The van der Waals surface area contributed by atoms with Crippen LogP contribution in [0, 0.1) is 23.2 Å². The summed E-state index contributed by atoms with van der Waals surface area (Å²) in [6, 6.07) is 0.00206. The lowest BCUT2D eigenvalue weighted by Gasteiger charge is -2.57. The summed E-state index contributed by atoms with van der Waals surface area (Å²) in [4.78, 5) is 11.4. The van der Waals surface area contributed by atoms with Crippen LogP contribution in [0.4, 0.5) is 4.79 Å². The van der Waals surface area contributed by atoms with Crippen molar-refractivity contribution < 1.29 is 4.79 Å². The molecule has 4 aliphatic rings. The van der Waals surface area contributed by atoms with E-state index in [0.717, 1.165) is 24.3 Å². The molecule has 2 N–H and O–H groups in total. The van der Waals surface area contributed by atoms with Gasteiger partial charge in [-0.15, -0.1) is 0 Å². The number of rotatable bonds is 4. The maximum absolute atomic E-state index is 11.4. The van der Waals surface area contributed by atoms with Gasteiger partial charge in [-0.05, 0) is 75.0 Å². The van der Waals surface area contributed by atoms with Gasteiger partial charge in [0.15, 0.2) is 0 Å². The van der Waals surface area contributed by atoms with E-state index in [2.05, 4.69) is 10.6 Å². The zero-order valence-electron chi connectivity index (χ0n) is 11.5. The zero-order valence-corrected chi connectivity index (χ0v) is 11.5. The first kappa shape index (κ1) is 12.3. The second-order valence-electron chi connectivity index (χ2n) is 6.95. The second kappa shape index (κ2) is 4.75. The Bertz CT molecular complexity index is 291. The Hall–Kier alpha value is -0.730. The van der Waals surface area contributed by atoms with E-state index in [1.54, 1.807) is 0 Å². The quantitative estimate of drug-likeness (QED) is 0.791. The Labute approximate surface area is 110 Å². The SMILES string of the molecule is CCNC(=O)NCCC12CC3CC(CC(C3)C1)C2. The Morgan fingerprint density at radius 3 is 2.11 bits per heavy atom. The first-order valence-electron chi connectivity index (χ1n) is 7.71. The predicted octanol–water partition coefficient (Wildman–Crippen LogP) is 2.91. The Morgan fingerprint density at radius 2 is 1.61 bits per heavy atom. The van der Waals surface area contributed by atoms with Crippen LogP contribution >= 0.6 is 0 Å². The lowest BCUT2D eigenvalue weighted by atomic mass is 9.49. The first-order chi connectivity index (χ1) is 8.69. The van der Waals surface area contributed by atoms with Crippen LogP contribution in [0.2, 0.25) is 0 Å². The van der Waals surface area contributed by atoms with Crippen molar-refractivity contribution in [1.29, 1.82) is 0 Å². The van der Waals surface area contributed by atoms with Gasteiger partial charge >= 0.3 is 6.03 Å². The molecule has 0 saturated heterocycles. The molecule has 18 heavy (non-hydrogen) atoms. The molecule has 0 heterocycles. The molecule has 0 radical (unpaired) electrons. The van der Waals surface area contributed by atoms with Crippen LogP contribution in [-0.2, 0) is 0 Å². The highest BCUT2D eigenvalue weighted by Gasteiger charge is 2.50. The maximum Gasteiger partial charge on any atom is 0.314 e. The van der Waals surface area contributed by atoms with Crippen molar-refractivity contribution in [2.24, 2.45) is 23.2 Å². The van der Waals surface area contributed by atoms with E-state index < -0.39 is 0 Å². The molecule has 102 valence electrons. The molecule has 4 fully saturated rings. The molecule has 4 rings (SSSR count). The van der Waals surface area contributed by atoms with Crippen LogP contribution in [0.5, 0.6) is 0 Å². The average molecular weight is 250 g/mol. The Balaban J connectivity index is 1.51. The van der Waals surface area contributed by atoms with Gasteiger partial charge in [-0.1, -0.05) is 0 Å². The lowest BCUT2D eigenvalue weighted by Crippen LogP contribution is -2.47. The van der Waals surface area contributed by atoms with Crippen LogP contribution < -0.4 is 10.6 Å². The van der Waals surface area contributed by atoms with E-state index in [-0.39, 0.29) is 6.03 Å². The highest BCUT2D eigenvalue weighted by molar-refractivity contribution is 5.73. The van der Waals surface area contributed by atoms with E-state index in [1.807, 2.05) is 6.92 Å². The Kier molecular flexibility index (Phi) is 3.25. The highest BCUT2D eigenvalue weighted by atomic mass is 16.2. The van der Waals surface area contributed by atoms with Gasteiger partial charge in [0.1, 0.15) is 0 Å². The molecule has 0 aromatic carbocycles. The molecule has 0 spiro atoms. The summed E-state index contributed by atoms with van der Waals surface area (Å²) >= 11 is 0. The molecule has 0 aromatic heterocycles. The van der Waals surface area contributed by atoms with Gasteiger partial charge in [0.05, 0.1) is 0 Å². The van der Waals surface area contributed by atoms with E-state index in [1.165, 1.54) is 44.9 Å². The zero-order chi connectivity index (χ0) is 12.6. The van der Waals surface area contributed by atoms with E-state index in [9.17, 15) is 4.79 Å². The molecule has 3 heteroatoms. The maximum atomic E-state index is 11.4. The summed E-state index contributed by atoms with van der Waals surface area (Å²) in [6.07, 6.45) is 10.0. The highest BCUT2D eigenvalue weighted by Crippen LogP contribution is 2.61. The third-order valence-electron chi connectivity index (χ3n) is 5.44. The monoisotopic (exact) mass is 250 g/mol. The van der Waals surface area contributed by atoms with Crippen molar-refractivity contribution >= 4 is 6.03 Å². The minimum Gasteiger partial charge on any atom is -0.338 e. The van der Waals surface area contributed by atoms with Crippen molar-refractivity contribution in [3.05, 3.63) is 0 Å². The fraction of sp³-hybridized carbons (Fsp3) is 0.933. The van der Waals surface area contributed by atoms with Crippen molar-refractivity contribution in [2.75, 3.05) is 13.1 Å². The normalized spacial score (nSPS) is 40.8. The van der Waals surface area contributed by atoms with Gasteiger partial charge < -0.3 is 10.6 Å². The molecule has 3 nitrogen and oxygen atoms in total. The van der Waals surface area contributed by atoms with Crippen molar-refractivity contribution in [1.82, 2.24) is 10.6 Å². The summed E-state index contributed by atoms with van der Waals surface area (Å²) in [5, 5.41) is 5.81. The number of nitrogens with one attached hydrogen (secondary N) is 2. The van der Waals surface area contributed by atoms with Crippen LogP contribution in [0.25, 0.3) is 0 Å². The fourth-order valence-electron chi connectivity index (χ4n) is 5.26. The van der Waals surface area contributed by atoms with Crippen LogP contribution in [0.15, 0.2) is 0 Å². The van der Waals surface area contributed by atoms with E-state index in [4.69, 9.17) is 0 Å². The Morgan fingerprint density at radius 1 is 1.06 bits per heavy atom. The summed E-state index contributed by atoms with van der Waals surface area (Å²) < 4.78 is 0. The van der Waals surface area contributed by atoms with Crippen molar-refractivity contribution in [3.63, 3.8) is 0 Å². The summed E-state index contributed by atoms with van der Waals surface area (Å²) in [5.41, 5.74) is 0.592.